The molecule has 2 aromatic rings. The Labute approximate surface area is 146 Å². The normalized spacial score (nSPS) is 10.1. The Morgan fingerprint density at radius 3 is 2.38 bits per heavy atom. The van der Waals surface area contributed by atoms with E-state index < -0.39 is 16.6 Å². The van der Waals surface area contributed by atoms with Crippen molar-refractivity contribution in [2.45, 2.75) is 6.61 Å². The first-order chi connectivity index (χ1) is 11.5. The van der Waals surface area contributed by atoms with Crippen LogP contribution in [0.2, 0.25) is 0 Å². The lowest BCUT2D eigenvalue weighted by atomic mass is 10.1. The minimum Gasteiger partial charge on any atom is -0.493 e. The van der Waals surface area contributed by atoms with Gasteiger partial charge < -0.3 is 14.2 Å². The van der Waals surface area contributed by atoms with Crippen molar-refractivity contribution in [3.8, 4) is 11.5 Å². The first-order valence-corrected chi connectivity index (χ1v) is 7.58. The van der Waals surface area contributed by atoms with E-state index in [-0.39, 0.29) is 23.7 Å². The number of hydrogen-bond donors (Lipinski definition) is 0. The summed E-state index contributed by atoms with van der Waals surface area (Å²) in [4.78, 5) is 22.8. The van der Waals surface area contributed by atoms with E-state index in [2.05, 4.69) is 15.9 Å². The molecule has 0 aliphatic carbocycles. The number of carbonyl (C=O) groups excluding carboxylic acids is 1. The van der Waals surface area contributed by atoms with Crippen LogP contribution in [0, 0.1) is 10.1 Å². The minimum absolute atomic E-state index is 0.0221. The van der Waals surface area contributed by atoms with Gasteiger partial charge in [0.25, 0.3) is 5.69 Å². The molecule has 0 aliphatic rings. The maximum Gasteiger partial charge on any atom is 0.345 e. The summed E-state index contributed by atoms with van der Waals surface area (Å²) in [6.07, 6.45) is 0. The zero-order valence-corrected chi connectivity index (χ0v) is 14.5. The van der Waals surface area contributed by atoms with E-state index in [4.69, 9.17) is 14.2 Å². The summed E-state index contributed by atoms with van der Waals surface area (Å²) in [7, 11) is 2.73. The van der Waals surface area contributed by atoms with Gasteiger partial charge in [-0.05, 0) is 6.07 Å². The number of esters is 1. The number of hydrogen-bond acceptors (Lipinski definition) is 6. The Bertz CT molecular complexity index is 777. The number of ether oxygens (including phenoxy) is 3. The van der Waals surface area contributed by atoms with Crippen molar-refractivity contribution >= 4 is 27.6 Å². The number of methoxy groups -OCH3 is 2. The topological polar surface area (TPSA) is 87.9 Å². The van der Waals surface area contributed by atoms with Crippen molar-refractivity contribution < 1.29 is 23.9 Å². The lowest BCUT2D eigenvalue weighted by molar-refractivity contribution is -0.385. The predicted octanol–water partition coefficient (Wildman–Crippen LogP) is 3.73. The van der Waals surface area contributed by atoms with E-state index in [1.165, 1.54) is 20.3 Å². The van der Waals surface area contributed by atoms with Crippen LogP contribution in [0.1, 0.15) is 15.9 Å². The predicted molar refractivity (Wildman–Crippen MR) is 89.5 cm³/mol. The third-order valence-electron chi connectivity index (χ3n) is 3.24. The summed E-state index contributed by atoms with van der Waals surface area (Å²) in [5, 5.41) is 11.2. The SMILES string of the molecule is COc1cc(C(=O)OCc2ccccc2Br)c([N+](=O)[O-])cc1OC. The van der Waals surface area contributed by atoms with Gasteiger partial charge in [-0.25, -0.2) is 4.79 Å². The van der Waals surface area contributed by atoms with Crippen LogP contribution in [0.3, 0.4) is 0 Å². The number of nitrogens with zero attached hydrogens (tertiary/aromatic N) is 1. The van der Waals surface area contributed by atoms with E-state index in [0.29, 0.717) is 0 Å². The smallest absolute Gasteiger partial charge is 0.345 e. The van der Waals surface area contributed by atoms with Crippen LogP contribution in [0.15, 0.2) is 40.9 Å². The third-order valence-corrected chi connectivity index (χ3v) is 4.01. The zero-order chi connectivity index (χ0) is 17.7. The molecule has 0 N–H and O–H groups in total. The van der Waals surface area contributed by atoms with Gasteiger partial charge in [0, 0.05) is 16.1 Å². The van der Waals surface area contributed by atoms with Gasteiger partial charge in [-0.3, -0.25) is 10.1 Å². The minimum atomic E-state index is -0.821. The molecule has 2 aromatic carbocycles. The van der Waals surface area contributed by atoms with Crippen LogP contribution >= 0.6 is 15.9 Å². The first-order valence-electron chi connectivity index (χ1n) is 6.79. The summed E-state index contributed by atoms with van der Waals surface area (Å²) in [5.41, 5.74) is 0.128. The Balaban J connectivity index is 2.30. The molecule has 0 saturated heterocycles. The molecule has 0 heterocycles. The molecule has 2 rings (SSSR count). The molecule has 0 spiro atoms. The Hall–Kier alpha value is -2.61. The van der Waals surface area contributed by atoms with Crippen molar-refractivity contribution in [3.05, 3.63) is 62.1 Å². The van der Waals surface area contributed by atoms with Crippen molar-refractivity contribution in [1.82, 2.24) is 0 Å². The standard InChI is InChI=1S/C16H14BrNO6/c1-22-14-7-11(13(18(20)21)8-15(14)23-2)16(19)24-9-10-5-3-4-6-12(10)17/h3-8H,9H2,1-2H3. The highest BCUT2D eigenvalue weighted by atomic mass is 79.9. The molecule has 0 saturated carbocycles. The molecule has 0 atom stereocenters. The number of nitro benzene ring substituents is 1. The number of carbonyl (C=O) groups is 1. The van der Waals surface area contributed by atoms with Crippen molar-refractivity contribution in [2.75, 3.05) is 14.2 Å². The van der Waals surface area contributed by atoms with Gasteiger partial charge in [0.1, 0.15) is 12.2 Å². The number of benzene rings is 2. The zero-order valence-electron chi connectivity index (χ0n) is 12.9. The van der Waals surface area contributed by atoms with E-state index in [1.54, 1.807) is 12.1 Å². The molecule has 0 bridgehead atoms. The number of nitro groups is 1. The fraction of sp³-hybridized carbons (Fsp3) is 0.188. The lowest BCUT2D eigenvalue weighted by Gasteiger charge is -2.11. The second-order valence-electron chi connectivity index (χ2n) is 4.65. The van der Waals surface area contributed by atoms with Crippen LogP contribution in [0.5, 0.6) is 11.5 Å². The van der Waals surface area contributed by atoms with E-state index in [9.17, 15) is 14.9 Å². The van der Waals surface area contributed by atoms with Gasteiger partial charge in [0.2, 0.25) is 0 Å². The maximum atomic E-state index is 12.3. The van der Waals surface area contributed by atoms with Gasteiger partial charge in [-0.2, -0.15) is 0 Å². The summed E-state index contributed by atoms with van der Waals surface area (Å²) < 4.78 is 16.1. The molecule has 24 heavy (non-hydrogen) atoms. The summed E-state index contributed by atoms with van der Waals surface area (Å²) in [5.74, 6) is -0.457. The van der Waals surface area contributed by atoms with Gasteiger partial charge in [0.05, 0.1) is 25.2 Å². The summed E-state index contributed by atoms with van der Waals surface area (Å²) >= 11 is 3.35. The molecule has 0 amide bonds. The number of rotatable bonds is 6. The molecule has 0 aliphatic heterocycles. The van der Waals surface area contributed by atoms with Gasteiger partial charge in [-0.1, -0.05) is 34.1 Å². The fourth-order valence-corrected chi connectivity index (χ4v) is 2.42. The highest BCUT2D eigenvalue weighted by Crippen LogP contribution is 2.35. The average Bonchev–Trinajstić information content (AvgIpc) is 2.59. The molecule has 8 heteroatoms. The van der Waals surface area contributed by atoms with Crippen molar-refractivity contribution in [1.29, 1.82) is 0 Å². The van der Waals surface area contributed by atoms with E-state index >= 15 is 0 Å². The molecule has 0 aromatic heterocycles. The highest BCUT2D eigenvalue weighted by molar-refractivity contribution is 9.10. The second kappa shape index (κ2) is 7.78. The molecule has 126 valence electrons. The number of halogens is 1. The van der Waals surface area contributed by atoms with Crippen LogP contribution < -0.4 is 9.47 Å². The molecule has 0 fully saturated rings. The lowest BCUT2D eigenvalue weighted by Crippen LogP contribution is -2.09. The molecule has 0 unspecified atom stereocenters. The van der Waals surface area contributed by atoms with Crippen LogP contribution in [0.4, 0.5) is 5.69 Å². The monoisotopic (exact) mass is 395 g/mol. The molecular formula is C16H14BrNO6. The van der Waals surface area contributed by atoms with Gasteiger partial charge >= 0.3 is 5.97 Å². The molecule has 7 nitrogen and oxygen atoms in total. The highest BCUT2D eigenvalue weighted by Gasteiger charge is 2.25. The average molecular weight is 396 g/mol. The second-order valence-corrected chi connectivity index (χ2v) is 5.50. The Kier molecular flexibility index (Phi) is 5.75. The first kappa shape index (κ1) is 17.7. The Morgan fingerprint density at radius 1 is 1.17 bits per heavy atom. The molecule has 0 radical (unpaired) electrons. The van der Waals surface area contributed by atoms with Crippen LogP contribution in [-0.4, -0.2) is 25.1 Å². The third kappa shape index (κ3) is 3.83. The van der Waals surface area contributed by atoms with Crippen LogP contribution in [-0.2, 0) is 11.3 Å². The van der Waals surface area contributed by atoms with E-state index in [0.717, 1.165) is 16.1 Å². The summed E-state index contributed by atoms with van der Waals surface area (Å²) in [6, 6.07) is 9.58. The largest absolute Gasteiger partial charge is 0.493 e. The maximum absolute atomic E-state index is 12.3. The quantitative estimate of drug-likeness (QED) is 0.420. The van der Waals surface area contributed by atoms with Gasteiger partial charge in [-0.15, -0.1) is 0 Å². The van der Waals surface area contributed by atoms with E-state index in [1.807, 2.05) is 12.1 Å². The Morgan fingerprint density at radius 2 is 1.79 bits per heavy atom. The van der Waals surface area contributed by atoms with Gasteiger partial charge in [0.15, 0.2) is 11.5 Å². The summed E-state index contributed by atoms with van der Waals surface area (Å²) in [6.45, 7) is -0.0221. The molecular weight excluding hydrogens is 382 g/mol. The van der Waals surface area contributed by atoms with Crippen molar-refractivity contribution in [3.63, 3.8) is 0 Å². The van der Waals surface area contributed by atoms with Crippen LogP contribution in [0.25, 0.3) is 0 Å². The van der Waals surface area contributed by atoms with Crippen molar-refractivity contribution in [2.24, 2.45) is 0 Å². The fourth-order valence-electron chi connectivity index (χ4n) is 2.02.